The van der Waals surface area contributed by atoms with Crippen LogP contribution in [0.2, 0.25) is 0 Å². The molecule has 2 aliphatic heterocycles. The smallest absolute Gasteiger partial charge is 0.246 e. The van der Waals surface area contributed by atoms with Gasteiger partial charge in [-0.2, -0.15) is 4.31 Å². The molecule has 0 aromatic heterocycles. The molecule has 1 atom stereocenters. The predicted octanol–water partition coefficient (Wildman–Crippen LogP) is 1.56. The van der Waals surface area contributed by atoms with E-state index in [1.807, 2.05) is 0 Å². The van der Waals surface area contributed by atoms with Gasteiger partial charge in [0.15, 0.2) is 0 Å². The number of hydrogen-bond acceptors (Lipinski definition) is 5. The SMILES string of the molecule is COc1ccc(OC)c(S(=O)(=O)N2CCC(N3CCCC3)C2)c1. The van der Waals surface area contributed by atoms with E-state index >= 15 is 0 Å². The summed E-state index contributed by atoms with van der Waals surface area (Å²) in [6, 6.07) is 5.22. The number of ether oxygens (including phenoxy) is 2. The molecule has 128 valence electrons. The predicted molar refractivity (Wildman–Crippen MR) is 87.5 cm³/mol. The number of benzene rings is 1. The Labute approximate surface area is 138 Å². The molecule has 0 spiro atoms. The molecule has 23 heavy (non-hydrogen) atoms. The van der Waals surface area contributed by atoms with Gasteiger partial charge in [-0.05, 0) is 44.5 Å². The van der Waals surface area contributed by atoms with Crippen molar-refractivity contribution in [2.24, 2.45) is 0 Å². The maximum Gasteiger partial charge on any atom is 0.246 e. The highest BCUT2D eigenvalue weighted by Crippen LogP contribution is 2.33. The minimum absolute atomic E-state index is 0.182. The fraction of sp³-hybridized carbons (Fsp3) is 0.625. The average molecular weight is 340 g/mol. The number of nitrogens with zero attached hydrogens (tertiary/aromatic N) is 2. The second kappa shape index (κ2) is 6.67. The number of likely N-dealkylation sites (tertiary alicyclic amines) is 1. The minimum Gasteiger partial charge on any atom is -0.497 e. The van der Waals surface area contributed by atoms with E-state index < -0.39 is 10.0 Å². The van der Waals surface area contributed by atoms with Crippen molar-refractivity contribution in [1.82, 2.24) is 9.21 Å². The first kappa shape index (κ1) is 16.5. The Kier molecular flexibility index (Phi) is 4.79. The van der Waals surface area contributed by atoms with Crippen LogP contribution in [-0.4, -0.2) is 64.1 Å². The molecule has 0 aliphatic carbocycles. The molecule has 6 nitrogen and oxygen atoms in total. The van der Waals surface area contributed by atoms with Crippen LogP contribution in [0.15, 0.2) is 23.1 Å². The van der Waals surface area contributed by atoms with Gasteiger partial charge < -0.3 is 9.47 Å². The van der Waals surface area contributed by atoms with Gasteiger partial charge >= 0.3 is 0 Å². The number of methoxy groups -OCH3 is 2. The highest BCUT2D eigenvalue weighted by molar-refractivity contribution is 7.89. The molecular weight excluding hydrogens is 316 g/mol. The van der Waals surface area contributed by atoms with Crippen molar-refractivity contribution < 1.29 is 17.9 Å². The minimum atomic E-state index is -3.57. The summed E-state index contributed by atoms with van der Waals surface area (Å²) in [5.74, 6) is 0.870. The van der Waals surface area contributed by atoms with E-state index in [9.17, 15) is 8.42 Å². The number of sulfonamides is 1. The highest BCUT2D eigenvalue weighted by atomic mass is 32.2. The van der Waals surface area contributed by atoms with Gasteiger partial charge in [0.25, 0.3) is 0 Å². The topological polar surface area (TPSA) is 59.1 Å². The summed E-state index contributed by atoms with van der Waals surface area (Å²) in [6.45, 7) is 3.29. The van der Waals surface area contributed by atoms with Crippen molar-refractivity contribution in [1.29, 1.82) is 0 Å². The largest absolute Gasteiger partial charge is 0.497 e. The fourth-order valence-electron chi connectivity index (χ4n) is 3.46. The van der Waals surface area contributed by atoms with Crippen LogP contribution in [0.3, 0.4) is 0 Å². The molecular formula is C16H24N2O4S. The standard InChI is InChI=1S/C16H24N2O4S/c1-21-14-5-6-15(22-2)16(11-14)23(19,20)18-10-7-13(12-18)17-8-3-4-9-17/h5-6,11,13H,3-4,7-10,12H2,1-2H3. The lowest BCUT2D eigenvalue weighted by Gasteiger charge is -2.24. The Balaban J connectivity index is 1.84. The molecule has 0 amide bonds. The van der Waals surface area contributed by atoms with E-state index in [4.69, 9.17) is 9.47 Å². The van der Waals surface area contributed by atoms with Crippen molar-refractivity contribution in [3.05, 3.63) is 18.2 Å². The van der Waals surface area contributed by atoms with Crippen LogP contribution in [0.25, 0.3) is 0 Å². The van der Waals surface area contributed by atoms with E-state index in [0.29, 0.717) is 30.6 Å². The maximum atomic E-state index is 13.0. The van der Waals surface area contributed by atoms with Crippen molar-refractivity contribution in [2.75, 3.05) is 40.4 Å². The Bertz CT molecular complexity index is 656. The molecule has 2 heterocycles. The van der Waals surface area contributed by atoms with Gasteiger partial charge in [0.05, 0.1) is 14.2 Å². The van der Waals surface area contributed by atoms with E-state index in [0.717, 1.165) is 19.5 Å². The summed E-state index contributed by atoms with van der Waals surface area (Å²) < 4.78 is 38.0. The van der Waals surface area contributed by atoms with Crippen molar-refractivity contribution in [2.45, 2.75) is 30.2 Å². The van der Waals surface area contributed by atoms with Crippen LogP contribution in [0.4, 0.5) is 0 Å². The molecule has 0 N–H and O–H groups in total. The Hall–Kier alpha value is -1.31. The lowest BCUT2D eigenvalue weighted by molar-refractivity contribution is 0.251. The van der Waals surface area contributed by atoms with Crippen LogP contribution >= 0.6 is 0 Å². The third kappa shape index (κ3) is 3.18. The van der Waals surface area contributed by atoms with E-state index in [-0.39, 0.29) is 4.90 Å². The first-order valence-electron chi connectivity index (χ1n) is 8.02. The van der Waals surface area contributed by atoms with Gasteiger partial charge in [-0.25, -0.2) is 8.42 Å². The normalized spacial score (nSPS) is 23.3. The Morgan fingerprint density at radius 1 is 1.09 bits per heavy atom. The van der Waals surface area contributed by atoms with Gasteiger partial charge in [-0.3, -0.25) is 4.90 Å². The molecule has 2 saturated heterocycles. The van der Waals surface area contributed by atoms with Crippen LogP contribution < -0.4 is 9.47 Å². The van der Waals surface area contributed by atoms with E-state index in [1.54, 1.807) is 16.4 Å². The summed E-state index contributed by atoms with van der Waals surface area (Å²) in [6.07, 6.45) is 3.32. The quantitative estimate of drug-likeness (QED) is 0.814. The molecule has 1 unspecified atom stereocenters. The monoisotopic (exact) mass is 340 g/mol. The van der Waals surface area contributed by atoms with Gasteiger partial charge in [0.1, 0.15) is 16.4 Å². The first-order valence-corrected chi connectivity index (χ1v) is 9.46. The van der Waals surface area contributed by atoms with Crippen molar-refractivity contribution in [3.63, 3.8) is 0 Å². The van der Waals surface area contributed by atoms with Crippen LogP contribution in [0, 0.1) is 0 Å². The van der Waals surface area contributed by atoms with Gasteiger partial charge in [0.2, 0.25) is 10.0 Å². The lowest BCUT2D eigenvalue weighted by atomic mass is 10.2. The molecule has 0 bridgehead atoms. The lowest BCUT2D eigenvalue weighted by Crippen LogP contribution is -2.37. The van der Waals surface area contributed by atoms with Crippen LogP contribution in [-0.2, 0) is 10.0 Å². The third-order valence-corrected chi connectivity index (χ3v) is 6.66. The zero-order valence-electron chi connectivity index (χ0n) is 13.7. The van der Waals surface area contributed by atoms with Crippen molar-refractivity contribution >= 4 is 10.0 Å². The summed E-state index contributed by atoms with van der Waals surface area (Å²) in [5, 5.41) is 0. The van der Waals surface area contributed by atoms with Crippen molar-refractivity contribution in [3.8, 4) is 11.5 Å². The molecule has 1 aromatic carbocycles. The van der Waals surface area contributed by atoms with E-state index in [2.05, 4.69) is 4.90 Å². The molecule has 2 fully saturated rings. The first-order chi connectivity index (χ1) is 11.1. The summed E-state index contributed by atoms with van der Waals surface area (Å²) in [7, 11) is -0.566. The average Bonchev–Trinajstić information content (AvgIpc) is 3.25. The zero-order chi connectivity index (χ0) is 16.4. The molecule has 2 aliphatic rings. The highest BCUT2D eigenvalue weighted by Gasteiger charge is 2.37. The van der Waals surface area contributed by atoms with E-state index in [1.165, 1.54) is 33.1 Å². The second-order valence-corrected chi connectivity index (χ2v) is 7.97. The van der Waals surface area contributed by atoms with Gasteiger partial charge in [-0.1, -0.05) is 0 Å². The molecule has 7 heteroatoms. The second-order valence-electron chi connectivity index (χ2n) is 6.07. The summed E-state index contributed by atoms with van der Waals surface area (Å²) in [4.78, 5) is 2.60. The Morgan fingerprint density at radius 3 is 2.48 bits per heavy atom. The number of hydrogen-bond donors (Lipinski definition) is 0. The van der Waals surface area contributed by atoms with Gasteiger partial charge in [0, 0.05) is 25.2 Å². The van der Waals surface area contributed by atoms with Crippen LogP contribution in [0.5, 0.6) is 11.5 Å². The zero-order valence-corrected chi connectivity index (χ0v) is 14.5. The third-order valence-electron chi connectivity index (χ3n) is 4.77. The molecule has 1 aromatic rings. The molecule has 0 radical (unpaired) electrons. The summed E-state index contributed by atoms with van der Waals surface area (Å²) >= 11 is 0. The summed E-state index contributed by atoms with van der Waals surface area (Å²) in [5.41, 5.74) is 0. The van der Waals surface area contributed by atoms with Gasteiger partial charge in [-0.15, -0.1) is 0 Å². The molecule has 3 rings (SSSR count). The van der Waals surface area contributed by atoms with Crippen LogP contribution in [0.1, 0.15) is 19.3 Å². The fourth-order valence-corrected chi connectivity index (χ4v) is 5.12. The Morgan fingerprint density at radius 2 is 1.83 bits per heavy atom. The molecule has 0 saturated carbocycles. The maximum absolute atomic E-state index is 13.0. The number of rotatable bonds is 5.